The molecular weight excluding hydrogens is 653 g/mol. The highest BCUT2D eigenvalue weighted by atomic mass is 79.9. The first-order valence-electron chi connectivity index (χ1n) is 11.5. The number of hydrogen-bond acceptors (Lipinski definition) is 4. The van der Waals surface area contributed by atoms with Crippen molar-refractivity contribution in [3.8, 4) is 16.9 Å². The minimum absolute atomic E-state index is 0.152. The van der Waals surface area contributed by atoms with Crippen molar-refractivity contribution >= 4 is 72.5 Å². The Hall–Kier alpha value is -3.79. The van der Waals surface area contributed by atoms with Crippen molar-refractivity contribution in [3.63, 3.8) is 0 Å². The molecule has 0 fully saturated rings. The first-order chi connectivity index (χ1) is 18.8. The molecule has 5 rings (SSSR count). The second kappa shape index (κ2) is 11.5. The lowest BCUT2D eigenvalue weighted by Crippen LogP contribution is -2.19. The van der Waals surface area contributed by atoms with Crippen LogP contribution in [-0.2, 0) is 0 Å². The Morgan fingerprint density at radius 1 is 0.974 bits per heavy atom. The third-order valence-electron chi connectivity index (χ3n) is 5.77. The molecule has 0 saturated heterocycles. The summed E-state index contributed by atoms with van der Waals surface area (Å²) in [6.07, 6.45) is 1.34. The first kappa shape index (κ1) is 26.8. The lowest BCUT2D eigenvalue weighted by Gasteiger charge is -2.11. The minimum atomic E-state index is -0.657. The van der Waals surface area contributed by atoms with Crippen molar-refractivity contribution in [2.75, 3.05) is 0 Å². The molecule has 6 nitrogen and oxygen atoms in total. The van der Waals surface area contributed by atoms with Crippen LogP contribution in [0.15, 0.2) is 99.0 Å². The van der Waals surface area contributed by atoms with Crippen LogP contribution in [0.2, 0.25) is 5.02 Å². The van der Waals surface area contributed by atoms with E-state index >= 15 is 0 Å². The van der Waals surface area contributed by atoms with Crippen LogP contribution in [0.1, 0.15) is 26.4 Å². The van der Waals surface area contributed by atoms with Crippen molar-refractivity contribution < 1.29 is 18.7 Å². The van der Waals surface area contributed by atoms with Crippen LogP contribution >= 0.6 is 43.5 Å². The molecule has 10 heteroatoms. The van der Waals surface area contributed by atoms with E-state index in [1.54, 1.807) is 48.5 Å². The number of esters is 1. The van der Waals surface area contributed by atoms with Crippen LogP contribution in [0.25, 0.3) is 22.0 Å². The van der Waals surface area contributed by atoms with Crippen LogP contribution in [0.4, 0.5) is 4.39 Å². The van der Waals surface area contributed by atoms with E-state index < -0.39 is 17.7 Å². The van der Waals surface area contributed by atoms with Gasteiger partial charge in [-0.3, -0.25) is 4.79 Å². The number of H-pyrrole nitrogens is 1. The summed E-state index contributed by atoms with van der Waals surface area (Å²) >= 11 is 13.0. The zero-order chi connectivity index (χ0) is 27.5. The summed E-state index contributed by atoms with van der Waals surface area (Å²) in [5.74, 6) is -1.53. The summed E-state index contributed by atoms with van der Waals surface area (Å²) in [7, 11) is 0. The van der Waals surface area contributed by atoms with Crippen LogP contribution in [-0.4, -0.2) is 23.1 Å². The molecule has 0 unspecified atom stereocenters. The number of hydrazone groups is 1. The number of nitrogens with one attached hydrogen (secondary N) is 2. The van der Waals surface area contributed by atoms with Gasteiger partial charge in [0.2, 0.25) is 0 Å². The van der Waals surface area contributed by atoms with Gasteiger partial charge in [0.25, 0.3) is 5.91 Å². The molecule has 0 atom stereocenters. The molecule has 194 valence electrons. The smallest absolute Gasteiger partial charge is 0.345 e. The van der Waals surface area contributed by atoms with Gasteiger partial charge < -0.3 is 9.72 Å². The van der Waals surface area contributed by atoms with E-state index in [0.717, 1.165) is 5.56 Å². The average molecular weight is 670 g/mol. The lowest BCUT2D eigenvalue weighted by molar-refractivity contribution is 0.0733. The fraction of sp³-hybridized carbons (Fsp3) is 0. The number of halogens is 4. The van der Waals surface area contributed by atoms with Crippen molar-refractivity contribution in [1.29, 1.82) is 0 Å². The predicted octanol–water partition coefficient (Wildman–Crippen LogP) is 8.14. The predicted molar refractivity (Wildman–Crippen MR) is 157 cm³/mol. The quantitative estimate of drug-likeness (QED) is 0.0829. The van der Waals surface area contributed by atoms with Gasteiger partial charge in [0.15, 0.2) is 5.75 Å². The Balaban J connectivity index is 1.45. The Bertz CT molecular complexity index is 1760. The molecule has 2 N–H and O–H groups in total. The van der Waals surface area contributed by atoms with Crippen LogP contribution in [0.5, 0.6) is 5.75 Å². The van der Waals surface area contributed by atoms with Crippen LogP contribution < -0.4 is 10.2 Å². The second-order valence-electron chi connectivity index (χ2n) is 8.28. The minimum Gasteiger partial charge on any atom is -0.421 e. The van der Waals surface area contributed by atoms with Gasteiger partial charge in [-0.25, -0.2) is 14.6 Å². The number of carbonyl (C=O) groups excluding carboxylic acids is 2. The largest absolute Gasteiger partial charge is 0.421 e. The van der Waals surface area contributed by atoms with E-state index in [1.165, 1.54) is 12.3 Å². The highest BCUT2D eigenvalue weighted by Crippen LogP contribution is 2.35. The summed E-state index contributed by atoms with van der Waals surface area (Å²) in [4.78, 5) is 28.9. The Morgan fingerprint density at radius 2 is 1.72 bits per heavy atom. The van der Waals surface area contributed by atoms with Crippen LogP contribution in [0.3, 0.4) is 0 Å². The summed E-state index contributed by atoms with van der Waals surface area (Å²) in [6, 6.07) is 23.8. The number of rotatable bonds is 6. The second-order valence-corrected chi connectivity index (χ2v) is 10.5. The number of ether oxygens (including phenoxy) is 1. The van der Waals surface area contributed by atoms with Gasteiger partial charge in [-0.05, 0) is 51.8 Å². The SMILES string of the molecule is O=C(Oc1c(Br)cc(Br)cc1C=NNC(=O)c1[nH]c2c(F)cccc2c1-c1ccccc1)c1ccccc1Cl. The average Bonchev–Trinajstić information content (AvgIpc) is 3.32. The van der Waals surface area contributed by atoms with E-state index in [4.69, 9.17) is 16.3 Å². The maximum atomic E-state index is 14.6. The maximum Gasteiger partial charge on any atom is 0.345 e. The standard InChI is InChI=1S/C29H17Br2ClFN3O3/c30-18-13-17(27(21(31)14-18)39-29(38)19-9-4-5-11-22(19)32)15-34-36-28(37)26-24(16-7-2-1-3-8-16)20-10-6-12-23(33)25(20)35-26/h1-15,35H,(H,36,37). The van der Waals surface area contributed by atoms with Crippen molar-refractivity contribution in [3.05, 3.63) is 122 Å². The topological polar surface area (TPSA) is 83.5 Å². The van der Waals surface area contributed by atoms with Gasteiger partial charge in [0.1, 0.15) is 11.5 Å². The van der Waals surface area contributed by atoms with Gasteiger partial charge in [-0.1, -0.05) is 82.1 Å². The summed E-state index contributed by atoms with van der Waals surface area (Å²) < 4.78 is 21.3. The van der Waals surface area contributed by atoms with Gasteiger partial charge >= 0.3 is 5.97 Å². The lowest BCUT2D eigenvalue weighted by atomic mass is 10.0. The van der Waals surface area contributed by atoms with Gasteiger partial charge in [0.05, 0.1) is 26.8 Å². The number of aromatic amines is 1. The molecule has 1 aromatic heterocycles. The molecule has 1 heterocycles. The van der Waals surface area contributed by atoms with Gasteiger partial charge in [-0.2, -0.15) is 5.10 Å². The summed E-state index contributed by atoms with van der Waals surface area (Å²) in [5, 5.41) is 4.91. The number of para-hydroxylation sites is 1. The number of benzene rings is 4. The molecule has 5 aromatic rings. The van der Waals surface area contributed by atoms with Gasteiger partial charge in [-0.15, -0.1) is 0 Å². The highest BCUT2D eigenvalue weighted by molar-refractivity contribution is 9.11. The molecule has 0 bridgehead atoms. The van der Waals surface area contributed by atoms with E-state index in [9.17, 15) is 14.0 Å². The molecule has 0 radical (unpaired) electrons. The van der Waals surface area contributed by atoms with Crippen LogP contribution in [0, 0.1) is 5.82 Å². The fourth-order valence-electron chi connectivity index (χ4n) is 4.03. The van der Waals surface area contributed by atoms with Crippen molar-refractivity contribution in [2.45, 2.75) is 0 Å². The molecule has 0 aliphatic heterocycles. The monoisotopic (exact) mass is 667 g/mol. The molecule has 0 aliphatic rings. The zero-order valence-electron chi connectivity index (χ0n) is 19.8. The molecule has 0 spiro atoms. The zero-order valence-corrected chi connectivity index (χ0v) is 23.8. The third-order valence-corrected chi connectivity index (χ3v) is 7.14. The Kier molecular flexibility index (Phi) is 7.92. The first-order valence-corrected chi connectivity index (χ1v) is 13.4. The Morgan fingerprint density at radius 3 is 2.49 bits per heavy atom. The number of nitrogens with zero attached hydrogens (tertiary/aromatic N) is 1. The van der Waals surface area contributed by atoms with Gasteiger partial charge in [0, 0.05) is 21.0 Å². The van der Waals surface area contributed by atoms with E-state index in [2.05, 4.69) is 47.4 Å². The van der Waals surface area contributed by atoms with E-state index in [0.29, 0.717) is 25.5 Å². The van der Waals surface area contributed by atoms with Crippen molar-refractivity contribution in [1.82, 2.24) is 10.4 Å². The number of aromatic nitrogens is 1. The normalized spacial score (nSPS) is 11.2. The Labute approximate surface area is 244 Å². The molecular formula is C29H17Br2ClFN3O3. The molecule has 4 aromatic carbocycles. The molecule has 0 saturated carbocycles. The summed E-state index contributed by atoms with van der Waals surface area (Å²) in [5.41, 5.74) is 4.74. The van der Waals surface area contributed by atoms with E-state index in [1.807, 2.05) is 30.3 Å². The molecule has 1 amide bonds. The van der Waals surface area contributed by atoms with E-state index in [-0.39, 0.29) is 27.5 Å². The molecule has 39 heavy (non-hydrogen) atoms. The summed E-state index contributed by atoms with van der Waals surface area (Å²) in [6.45, 7) is 0. The highest BCUT2D eigenvalue weighted by Gasteiger charge is 2.21. The number of carbonyl (C=O) groups is 2. The number of hydrogen-bond donors (Lipinski definition) is 2. The van der Waals surface area contributed by atoms with Crippen molar-refractivity contribution in [2.24, 2.45) is 5.10 Å². The number of fused-ring (bicyclic) bond motifs is 1. The fourth-order valence-corrected chi connectivity index (χ4v) is 5.58. The number of amides is 1. The maximum absolute atomic E-state index is 14.6. The molecule has 0 aliphatic carbocycles. The third kappa shape index (κ3) is 5.66.